The number of carbonyl (C=O) groups excluding carboxylic acids is 1. The van der Waals surface area contributed by atoms with Gasteiger partial charge in [-0.3, -0.25) is 9.69 Å². The number of rotatable bonds is 6. The van der Waals surface area contributed by atoms with Crippen LogP contribution in [0.5, 0.6) is 0 Å². The summed E-state index contributed by atoms with van der Waals surface area (Å²) in [6, 6.07) is 9.42. The van der Waals surface area contributed by atoms with Crippen molar-refractivity contribution in [3.8, 4) is 0 Å². The highest BCUT2D eigenvalue weighted by atomic mass is 32.1. The van der Waals surface area contributed by atoms with Crippen LogP contribution in [0.15, 0.2) is 35.7 Å². The molecule has 6 nitrogen and oxygen atoms in total. The Labute approximate surface area is 156 Å². The number of amides is 1. The number of hydrogen-bond donors (Lipinski definition) is 3. The topological polar surface area (TPSA) is 89.9 Å². The Morgan fingerprint density at radius 1 is 1.31 bits per heavy atom. The van der Waals surface area contributed by atoms with E-state index in [1.54, 1.807) is 11.4 Å². The Balaban J connectivity index is 1.55. The summed E-state index contributed by atoms with van der Waals surface area (Å²) in [5, 5.41) is 24.4. The molecule has 1 amide bonds. The summed E-state index contributed by atoms with van der Waals surface area (Å²) in [4.78, 5) is 25.4. The molecule has 1 aromatic heterocycles. The third-order valence-corrected chi connectivity index (χ3v) is 5.66. The molecule has 0 bridgehead atoms. The molecule has 0 spiro atoms. The number of aromatic carboxylic acids is 1. The van der Waals surface area contributed by atoms with Gasteiger partial charge >= 0.3 is 5.97 Å². The Kier molecular flexibility index (Phi) is 5.41. The molecule has 138 valence electrons. The molecule has 0 saturated carbocycles. The van der Waals surface area contributed by atoms with Gasteiger partial charge in [0.1, 0.15) is 10.5 Å². The van der Waals surface area contributed by atoms with Crippen molar-refractivity contribution in [2.45, 2.75) is 25.4 Å². The molecule has 0 aliphatic carbocycles. The number of thiophene rings is 1. The first kappa shape index (κ1) is 18.6. The second kappa shape index (κ2) is 7.57. The number of nitrogens with zero attached hydrogens (tertiary/aromatic N) is 1. The monoisotopic (exact) mass is 374 g/mol. The van der Waals surface area contributed by atoms with E-state index in [1.165, 1.54) is 0 Å². The predicted molar refractivity (Wildman–Crippen MR) is 101 cm³/mol. The minimum absolute atomic E-state index is 0.133. The second-order valence-electron chi connectivity index (χ2n) is 6.64. The smallest absolute Gasteiger partial charge is 0.348 e. The first-order chi connectivity index (χ1) is 12.4. The summed E-state index contributed by atoms with van der Waals surface area (Å²) in [6.07, 6.45) is 0.881. The maximum absolute atomic E-state index is 12.1. The number of carboxylic acid groups (broad SMARTS) is 1. The second-order valence-corrected chi connectivity index (χ2v) is 7.56. The summed E-state index contributed by atoms with van der Waals surface area (Å²) in [5.74, 6) is -1.27. The summed E-state index contributed by atoms with van der Waals surface area (Å²) in [5.41, 5.74) is 1.46. The van der Waals surface area contributed by atoms with Crippen molar-refractivity contribution in [1.29, 1.82) is 0 Å². The van der Waals surface area contributed by atoms with Crippen LogP contribution in [0.2, 0.25) is 0 Å². The molecule has 0 radical (unpaired) electrons. The summed E-state index contributed by atoms with van der Waals surface area (Å²) >= 11 is 1.08. The molecular formula is C19H22N2O4S. The highest BCUT2D eigenvalue weighted by Gasteiger charge is 2.38. The predicted octanol–water partition coefficient (Wildman–Crippen LogP) is 2.68. The first-order valence-electron chi connectivity index (χ1n) is 8.50. The third-order valence-electron chi connectivity index (χ3n) is 4.76. The molecule has 1 aromatic carbocycles. The summed E-state index contributed by atoms with van der Waals surface area (Å²) < 4.78 is 0. The zero-order chi connectivity index (χ0) is 18.7. The van der Waals surface area contributed by atoms with Crippen molar-refractivity contribution < 1.29 is 19.8 Å². The number of nitrogens with one attached hydrogen (secondary N) is 1. The van der Waals surface area contributed by atoms with Crippen molar-refractivity contribution >= 4 is 28.9 Å². The first-order valence-corrected chi connectivity index (χ1v) is 9.38. The Hall–Kier alpha value is -2.22. The van der Waals surface area contributed by atoms with Crippen LogP contribution in [0.25, 0.3) is 0 Å². The largest absolute Gasteiger partial charge is 0.477 e. The van der Waals surface area contributed by atoms with Gasteiger partial charge in [0, 0.05) is 26.1 Å². The van der Waals surface area contributed by atoms with Crippen LogP contribution < -0.4 is 5.32 Å². The van der Waals surface area contributed by atoms with E-state index in [0.717, 1.165) is 29.0 Å². The van der Waals surface area contributed by atoms with Gasteiger partial charge in [-0.2, -0.15) is 0 Å². The summed E-state index contributed by atoms with van der Waals surface area (Å²) in [6.45, 7) is 3.72. The number of hydrogen-bond acceptors (Lipinski definition) is 5. The van der Waals surface area contributed by atoms with Crippen LogP contribution in [0.1, 0.15) is 33.6 Å². The summed E-state index contributed by atoms with van der Waals surface area (Å²) in [7, 11) is 0. The lowest BCUT2D eigenvalue weighted by Gasteiger charge is -2.25. The van der Waals surface area contributed by atoms with Gasteiger partial charge in [-0.05, 0) is 35.9 Å². The molecule has 2 aromatic rings. The van der Waals surface area contributed by atoms with E-state index in [9.17, 15) is 14.7 Å². The molecule has 7 heteroatoms. The fourth-order valence-corrected chi connectivity index (χ4v) is 4.11. The van der Waals surface area contributed by atoms with E-state index in [1.807, 2.05) is 31.2 Å². The minimum Gasteiger partial charge on any atom is -0.477 e. The lowest BCUT2D eigenvalue weighted by Crippen LogP contribution is -2.33. The van der Waals surface area contributed by atoms with Gasteiger partial charge in [0.2, 0.25) is 5.91 Å². The van der Waals surface area contributed by atoms with Crippen LogP contribution in [0.4, 0.5) is 5.69 Å². The maximum Gasteiger partial charge on any atom is 0.348 e. The lowest BCUT2D eigenvalue weighted by molar-refractivity contribution is -0.116. The molecule has 26 heavy (non-hydrogen) atoms. The Morgan fingerprint density at radius 2 is 2.08 bits per heavy atom. The van der Waals surface area contributed by atoms with Gasteiger partial charge in [0.25, 0.3) is 0 Å². The normalized spacial score (nSPS) is 20.2. The van der Waals surface area contributed by atoms with Crippen molar-refractivity contribution in [2.75, 3.05) is 25.0 Å². The number of benzene rings is 1. The quantitative estimate of drug-likeness (QED) is 0.723. The number of aliphatic hydroxyl groups is 1. The minimum atomic E-state index is -1.04. The van der Waals surface area contributed by atoms with E-state index >= 15 is 0 Å². The van der Waals surface area contributed by atoms with Gasteiger partial charge in [0.15, 0.2) is 0 Å². The van der Waals surface area contributed by atoms with Crippen LogP contribution >= 0.6 is 11.3 Å². The Morgan fingerprint density at radius 3 is 2.81 bits per heavy atom. The number of aryl methyl sites for hydroxylation is 1. The van der Waals surface area contributed by atoms with Gasteiger partial charge in [0.05, 0.1) is 5.69 Å². The van der Waals surface area contributed by atoms with E-state index < -0.39 is 11.6 Å². The van der Waals surface area contributed by atoms with Crippen molar-refractivity contribution in [3.05, 3.63) is 51.7 Å². The van der Waals surface area contributed by atoms with Crippen LogP contribution in [-0.2, 0) is 10.4 Å². The third kappa shape index (κ3) is 3.95. The number of carboxylic acids is 1. The van der Waals surface area contributed by atoms with Crippen LogP contribution in [-0.4, -0.2) is 46.6 Å². The van der Waals surface area contributed by atoms with Crippen LogP contribution in [0.3, 0.4) is 0 Å². The fourth-order valence-electron chi connectivity index (χ4n) is 3.42. The molecule has 3 N–H and O–H groups in total. The maximum atomic E-state index is 12.1. The molecule has 2 heterocycles. The molecule has 1 fully saturated rings. The van der Waals surface area contributed by atoms with Gasteiger partial charge in [-0.25, -0.2) is 4.79 Å². The molecular weight excluding hydrogens is 352 g/mol. The zero-order valence-corrected chi connectivity index (χ0v) is 15.4. The number of anilines is 1. The van der Waals surface area contributed by atoms with E-state index in [4.69, 9.17) is 5.11 Å². The van der Waals surface area contributed by atoms with Gasteiger partial charge < -0.3 is 15.5 Å². The molecule has 1 atom stereocenters. The van der Waals surface area contributed by atoms with Crippen molar-refractivity contribution in [3.63, 3.8) is 0 Å². The van der Waals surface area contributed by atoms with Gasteiger partial charge in [-0.1, -0.05) is 24.3 Å². The number of likely N-dealkylation sites (tertiary alicyclic amines) is 1. The van der Waals surface area contributed by atoms with E-state index in [0.29, 0.717) is 25.2 Å². The Bertz CT molecular complexity index is 819. The zero-order valence-electron chi connectivity index (χ0n) is 14.6. The van der Waals surface area contributed by atoms with E-state index in [2.05, 4.69) is 10.2 Å². The highest BCUT2D eigenvalue weighted by Crippen LogP contribution is 2.33. The average Bonchev–Trinajstić information content (AvgIpc) is 3.21. The molecule has 1 aliphatic rings. The average molecular weight is 374 g/mol. The van der Waals surface area contributed by atoms with Crippen molar-refractivity contribution in [1.82, 2.24) is 4.90 Å². The number of β-amino-alcohol motifs (C(OH)–C–C–N with tert-alkyl or cyclic N) is 1. The number of carbonyl (C=O) groups is 2. The molecule has 1 saturated heterocycles. The SMILES string of the molecule is Cc1ccccc1[C@@]1(O)CCN(CCC(=O)Nc2ccsc2C(=O)O)C1. The highest BCUT2D eigenvalue weighted by molar-refractivity contribution is 7.12. The standard InChI is InChI=1S/C19H22N2O4S/c1-13-4-2-3-5-14(13)19(25)8-10-21(12-19)9-6-16(22)20-15-7-11-26-17(15)18(23)24/h2-5,7,11,25H,6,8-10,12H2,1H3,(H,20,22)(H,23,24)/t19-/m1/s1. The van der Waals surface area contributed by atoms with E-state index in [-0.39, 0.29) is 17.2 Å². The van der Waals surface area contributed by atoms with Crippen LogP contribution in [0, 0.1) is 6.92 Å². The lowest BCUT2D eigenvalue weighted by atomic mass is 9.89. The molecule has 3 rings (SSSR count). The molecule has 0 unspecified atom stereocenters. The molecule has 1 aliphatic heterocycles. The fraction of sp³-hybridized carbons (Fsp3) is 0.368. The van der Waals surface area contributed by atoms with Gasteiger partial charge in [-0.15, -0.1) is 11.3 Å². The van der Waals surface area contributed by atoms with Crippen molar-refractivity contribution in [2.24, 2.45) is 0 Å².